The number of methoxy groups -OCH3 is 3. The Labute approximate surface area is 347 Å². The Bertz CT molecular complexity index is 1490. The zero-order valence-corrected chi connectivity index (χ0v) is 36.0. The van der Waals surface area contributed by atoms with Crippen LogP contribution in [0.5, 0.6) is 0 Å². The van der Waals surface area contributed by atoms with Crippen molar-refractivity contribution >= 4 is 23.4 Å². The molecule has 0 spiro atoms. The molecule has 3 aliphatic heterocycles. The summed E-state index contributed by atoms with van der Waals surface area (Å²) in [5, 5.41) is 26.9. The average molecular weight is 819 g/mol. The lowest BCUT2D eigenvalue weighted by Gasteiger charge is -2.47. The second-order valence-electron chi connectivity index (χ2n) is 17.0. The summed E-state index contributed by atoms with van der Waals surface area (Å²) in [5.41, 5.74) is 2.70. The molecule has 3 heterocycles. The maximum absolute atomic E-state index is 14.4. The largest absolute Gasteiger partial charge is 0.456 e. The number of aliphatic hydroxyl groups is 2. The van der Waals surface area contributed by atoms with Crippen molar-refractivity contribution in [3.63, 3.8) is 0 Å². The van der Waals surface area contributed by atoms with Gasteiger partial charge in [0.1, 0.15) is 25.4 Å². The number of aliphatic hydroxyl groups excluding tert-OH is 1. The smallest absolute Gasteiger partial charge is 0.329 e. The molecule has 13 nitrogen and oxygen atoms in total. The topological polar surface area (TPSA) is 163 Å². The van der Waals surface area contributed by atoms with E-state index >= 15 is 0 Å². The van der Waals surface area contributed by atoms with Crippen LogP contribution in [-0.2, 0) is 42.9 Å². The molecule has 0 aromatic carbocycles. The number of rotatable bonds is 7. The van der Waals surface area contributed by atoms with E-state index in [1.807, 2.05) is 26.0 Å². The van der Waals surface area contributed by atoms with Crippen LogP contribution in [0.4, 0.5) is 0 Å². The highest BCUT2D eigenvalue weighted by atomic mass is 16.7. The van der Waals surface area contributed by atoms with Gasteiger partial charge < -0.3 is 43.6 Å². The summed E-state index contributed by atoms with van der Waals surface area (Å²) in [4.78, 5) is 49.4. The van der Waals surface area contributed by atoms with E-state index in [1.54, 1.807) is 28.3 Å². The number of allylic oxidation sites excluding steroid dienone is 4. The van der Waals surface area contributed by atoms with Gasteiger partial charge in [-0.3, -0.25) is 9.59 Å². The molecule has 0 aromatic heterocycles. The molecule has 4 aliphatic rings. The van der Waals surface area contributed by atoms with Crippen LogP contribution in [0.15, 0.2) is 40.6 Å². The van der Waals surface area contributed by atoms with Gasteiger partial charge in [-0.15, -0.1) is 0 Å². The first-order chi connectivity index (χ1) is 27.1. The third kappa shape index (κ3) is 11.9. The minimum Gasteiger partial charge on any atom is -0.456 e. The normalized spacial score (nSPS) is 40.0. The van der Waals surface area contributed by atoms with Crippen molar-refractivity contribution in [3.8, 4) is 0 Å². The monoisotopic (exact) mass is 819 g/mol. The molecule has 58 heavy (non-hydrogen) atoms. The standard InChI is InChI=1S/C44H70N2O11.CH4/c1-11-32-21-26(2)20-27(3)22-37(53-8)40-38(54-9)24-30(6)44(51,57-40)41(48)42(49)46-19-13-12-14-34(46)43(50)56-39(28(4)15-17-33(32)45-55-10)29(5)23-31-16-18-35(47)36(25-31)52-7;/h15,17,21,23,27-28,30-32,34-40,47,51H,11-14,16,18-20,22,24-25H2,1-10H3;1H4/b17-15+,26-21+,29-23+,45-33-;/t27-,28+,30+,31-,32+,34-,35+,36+,37-,38-,39-,40+,44+;/m0./s1. The molecule has 3 fully saturated rings. The molecule has 0 aromatic rings. The van der Waals surface area contributed by atoms with E-state index in [4.69, 9.17) is 28.5 Å². The third-order valence-corrected chi connectivity index (χ3v) is 12.6. The lowest BCUT2D eigenvalue weighted by molar-refractivity contribution is -0.302. The summed E-state index contributed by atoms with van der Waals surface area (Å²) in [5.74, 6) is -6.17. The van der Waals surface area contributed by atoms with Crippen molar-refractivity contribution < 1.29 is 53.1 Å². The maximum atomic E-state index is 14.4. The quantitative estimate of drug-likeness (QED) is 0.128. The molecule has 330 valence electrons. The molecule has 13 atom stereocenters. The molecule has 13 heteroatoms. The summed E-state index contributed by atoms with van der Waals surface area (Å²) in [6.07, 6.45) is 10.5. The summed E-state index contributed by atoms with van der Waals surface area (Å²) in [6.45, 7) is 12.0. The molecular weight excluding hydrogens is 744 g/mol. The number of hydrogen-bond donors (Lipinski definition) is 2. The van der Waals surface area contributed by atoms with Crippen molar-refractivity contribution in [3.05, 3.63) is 35.5 Å². The first-order valence-corrected chi connectivity index (χ1v) is 21.0. The molecule has 4 rings (SSSR count). The number of cyclic esters (lactones) is 1. The molecular formula is C45H74N2O11. The predicted octanol–water partition coefficient (Wildman–Crippen LogP) is 6.35. The minimum absolute atomic E-state index is 0. The van der Waals surface area contributed by atoms with Gasteiger partial charge >= 0.3 is 5.97 Å². The Kier molecular flexibility index (Phi) is 19.3. The van der Waals surface area contributed by atoms with Crippen LogP contribution < -0.4 is 0 Å². The van der Waals surface area contributed by atoms with Crippen LogP contribution in [0.1, 0.15) is 113 Å². The number of ketones is 1. The highest BCUT2D eigenvalue weighted by molar-refractivity contribution is 6.39. The van der Waals surface area contributed by atoms with E-state index < -0.39 is 65.9 Å². The van der Waals surface area contributed by atoms with Gasteiger partial charge in [-0.05, 0) is 102 Å². The highest BCUT2D eigenvalue weighted by Crippen LogP contribution is 2.39. The first kappa shape index (κ1) is 49.4. The van der Waals surface area contributed by atoms with Crippen molar-refractivity contribution in [2.24, 2.45) is 34.7 Å². The second-order valence-corrected chi connectivity index (χ2v) is 17.0. The van der Waals surface area contributed by atoms with Crippen LogP contribution in [0.3, 0.4) is 0 Å². The Morgan fingerprint density at radius 1 is 0.983 bits per heavy atom. The van der Waals surface area contributed by atoms with Crippen molar-refractivity contribution in [1.82, 2.24) is 4.90 Å². The van der Waals surface area contributed by atoms with Gasteiger partial charge in [-0.1, -0.05) is 64.1 Å². The Morgan fingerprint density at radius 3 is 2.29 bits per heavy atom. The fourth-order valence-corrected chi connectivity index (χ4v) is 9.30. The maximum Gasteiger partial charge on any atom is 0.329 e. The van der Waals surface area contributed by atoms with Gasteiger partial charge in [0.25, 0.3) is 11.7 Å². The highest BCUT2D eigenvalue weighted by Gasteiger charge is 2.56. The van der Waals surface area contributed by atoms with E-state index in [-0.39, 0.29) is 50.2 Å². The van der Waals surface area contributed by atoms with E-state index in [9.17, 15) is 24.6 Å². The summed E-state index contributed by atoms with van der Waals surface area (Å²) in [6, 6.07) is -1.04. The SMILES string of the molecule is C.CC[C@@H]1/C=C(\C)C[C@H](C)C[C@H](OC)[C@H]2O[C@@](O)(C(=O)C(=O)N3CCCC[C@H]3C(=O)O[C@H](/C(C)=C/[C@@H]3CC[C@@H](O)[C@H](OC)C3)[C@H](C)/C=C/C1=N/OC)[C@H](C)C[C@@H]2OC. The lowest BCUT2D eigenvalue weighted by Crippen LogP contribution is -2.64. The van der Waals surface area contributed by atoms with Crippen LogP contribution in [0.25, 0.3) is 0 Å². The predicted molar refractivity (Wildman–Crippen MR) is 223 cm³/mol. The number of carbonyl (C=O) groups is 3. The summed E-state index contributed by atoms with van der Waals surface area (Å²) >= 11 is 0. The second kappa shape index (κ2) is 22.6. The van der Waals surface area contributed by atoms with Gasteiger partial charge in [0.2, 0.25) is 5.79 Å². The number of amides is 1. The molecule has 1 amide bonds. The van der Waals surface area contributed by atoms with E-state index in [1.165, 1.54) is 12.0 Å². The van der Waals surface area contributed by atoms with Crippen molar-refractivity contribution in [2.45, 2.75) is 162 Å². The fourth-order valence-electron chi connectivity index (χ4n) is 9.30. The Morgan fingerprint density at radius 2 is 1.66 bits per heavy atom. The fraction of sp³-hybridized carbons (Fsp3) is 0.778. The Balaban J connectivity index is 0.00000900. The minimum atomic E-state index is -2.46. The summed E-state index contributed by atoms with van der Waals surface area (Å²) in [7, 11) is 6.25. The van der Waals surface area contributed by atoms with Gasteiger partial charge in [0.15, 0.2) is 0 Å². The van der Waals surface area contributed by atoms with E-state index in [2.05, 4.69) is 38.1 Å². The number of nitrogens with zero attached hydrogens (tertiary/aromatic N) is 2. The molecule has 1 aliphatic carbocycles. The summed E-state index contributed by atoms with van der Waals surface area (Å²) < 4.78 is 30.1. The first-order valence-electron chi connectivity index (χ1n) is 21.0. The average Bonchev–Trinajstić information content (AvgIpc) is 3.20. The Hall–Kier alpha value is -2.94. The van der Waals surface area contributed by atoms with Crippen molar-refractivity contribution in [1.29, 1.82) is 0 Å². The lowest BCUT2D eigenvalue weighted by atomic mass is 9.82. The number of carbonyl (C=O) groups excluding carboxylic acids is 3. The van der Waals surface area contributed by atoms with Gasteiger partial charge in [0.05, 0.1) is 30.1 Å². The zero-order valence-electron chi connectivity index (χ0n) is 36.0. The van der Waals surface area contributed by atoms with Crippen LogP contribution in [-0.4, -0.2) is 122 Å². The number of piperidine rings is 1. The van der Waals surface area contributed by atoms with Gasteiger partial charge in [0, 0.05) is 45.6 Å². The van der Waals surface area contributed by atoms with E-state index in [0.29, 0.717) is 38.5 Å². The molecule has 2 saturated heterocycles. The van der Waals surface area contributed by atoms with Crippen LogP contribution in [0, 0.1) is 29.6 Å². The van der Waals surface area contributed by atoms with Crippen molar-refractivity contribution in [2.75, 3.05) is 35.0 Å². The molecule has 1 saturated carbocycles. The molecule has 0 unspecified atom stereocenters. The van der Waals surface area contributed by atoms with Crippen LogP contribution >= 0.6 is 0 Å². The number of oxime groups is 1. The molecule has 2 N–H and O–H groups in total. The number of ether oxygens (including phenoxy) is 5. The zero-order chi connectivity index (χ0) is 42.0. The van der Waals surface area contributed by atoms with Gasteiger partial charge in [-0.2, -0.15) is 0 Å². The number of Topliss-reactive ketones (excluding diaryl/α,β-unsaturated/α-hetero) is 1. The van der Waals surface area contributed by atoms with E-state index in [0.717, 1.165) is 36.1 Å². The number of hydrogen-bond acceptors (Lipinski definition) is 12. The third-order valence-electron chi connectivity index (χ3n) is 12.6. The van der Waals surface area contributed by atoms with Gasteiger partial charge in [-0.25, -0.2) is 4.79 Å². The number of fused-ring (bicyclic) bond motifs is 3. The van der Waals surface area contributed by atoms with Crippen LogP contribution in [0.2, 0.25) is 0 Å². The molecule has 0 radical (unpaired) electrons. The molecule has 2 bridgehead atoms. The number of esters is 1.